The molecule has 0 aromatic carbocycles. The Kier molecular flexibility index (Phi) is 17.6. The first-order valence-electron chi connectivity index (χ1n) is 8.77. The molecule has 0 saturated carbocycles. The SMILES string of the molecule is C=C(C)C(=O)OCCCN(C)C.C=CC(=O)OCCCN(CC)CC. The van der Waals surface area contributed by atoms with Crippen LogP contribution in [-0.4, -0.2) is 75.2 Å². The molecule has 0 aliphatic carbocycles. The average Bonchev–Trinajstić information content (AvgIpc) is 2.58. The van der Waals surface area contributed by atoms with Gasteiger partial charge >= 0.3 is 11.9 Å². The van der Waals surface area contributed by atoms with Crippen molar-refractivity contribution in [1.29, 1.82) is 0 Å². The third-order valence-electron chi connectivity index (χ3n) is 3.26. The molecule has 0 amide bonds. The van der Waals surface area contributed by atoms with E-state index in [0.717, 1.165) is 39.0 Å². The van der Waals surface area contributed by atoms with Gasteiger partial charge in [-0.2, -0.15) is 0 Å². The van der Waals surface area contributed by atoms with Crippen LogP contribution in [0.25, 0.3) is 0 Å². The summed E-state index contributed by atoms with van der Waals surface area (Å²) in [6.07, 6.45) is 2.95. The highest BCUT2D eigenvalue weighted by Gasteiger charge is 2.01. The molecule has 0 heterocycles. The fraction of sp³-hybridized carbons (Fsp3) is 0.684. The van der Waals surface area contributed by atoms with Gasteiger partial charge in [-0.15, -0.1) is 0 Å². The molecule has 0 aromatic heterocycles. The van der Waals surface area contributed by atoms with Crippen LogP contribution in [0.3, 0.4) is 0 Å². The Morgan fingerprint density at radius 3 is 1.96 bits per heavy atom. The maximum atomic E-state index is 10.9. The van der Waals surface area contributed by atoms with E-state index in [4.69, 9.17) is 9.47 Å². The Hall–Kier alpha value is -1.66. The van der Waals surface area contributed by atoms with Gasteiger partial charge in [0, 0.05) is 24.7 Å². The molecule has 6 heteroatoms. The van der Waals surface area contributed by atoms with Gasteiger partial charge < -0.3 is 19.3 Å². The largest absolute Gasteiger partial charge is 0.462 e. The van der Waals surface area contributed by atoms with Crippen LogP contribution in [0.4, 0.5) is 0 Å². The molecule has 0 aliphatic heterocycles. The van der Waals surface area contributed by atoms with Crippen molar-refractivity contribution in [1.82, 2.24) is 9.80 Å². The number of esters is 2. The van der Waals surface area contributed by atoms with Gasteiger partial charge in [0.25, 0.3) is 0 Å². The first kappa shape index (κ1) is 25.6. The number of ether oxygens (including phenoxy) is 2. The van der Waals surface area contributed by atoms with Gasteiger partial charge in [-0.3, -0.25) is 0 Å². The predicted octanol–water partition coefficient (Wildman–Crippen LogP) is 2.50. The van der Waals surface area contributed by atoms with Crippen LogP contribution in [0.1, 0.15) is 33.6 Å². The summed E-state index contributed by atoms with van der Waals surface area (Å²) in [7, 11) is 3.97. The fourth-order valence-electron chi connectivity index (χ4n) is 1.73. The summed E-state index contributed by atoms with van der Waals surface area (Å²) in [6, 6.07) is 0. The molecule has 0 atom stereocenters. The first-order valence-corrected chi connectivity index (χ1v) is 8.77. The van der Waals surface area contributed by atoms with Gasteiger partial charge in [-0.1, -0.05) is 27.0 Å². The normalized spacial score (nSPS) is 10.0. The molecule has 25 heavy (non-hydrogen) atoms. The third kappa shape index (κ3) is 18.5. The predicted molar refractivity (Wildman–Crippen MR) is 103 cm³/mol. The molecule has 6 nitrogen and oxygen atoms in total. The fourth-order valence-corrected chi connectivity index (χ4v) is 1.73. The molecule has 0 fully saturated rings. The summed E-state index contributed by atoms with van der Waals surface area (Å²) < 4.78 is 9.74. The van der Waals surface area contributed by atoms with E-state index >= 15 is 0 Å². The molecule has 0 aliphatic rings. The van der Waals surface area contributed by atoms with Crippen molar-refractivity contribution in [3.05, 3.63) is 24.8 Å². The Balaban J connectivity index is 0. The number of hydrogen-bond donors (Lipinski definition) is 0. The molecule has 0 aromatic rings. The van der Waals surface area contributed by atoms with Crippen LogP contribution < -0.4 is 0 Å². The van der Waals surface area contributed by atoms with Gasteiger partial charge in [-0.25, -0.2) is 9.59 Å². The molecule has 0 radical (unpaired) electrons. The lowest BCUT2D eigenvalue weighted by atomic mass is 10.3. The van der Waals surface area contributed by atoms with Crippen molar-refractivity contribution >= 4 is 11.9 Å². The average molecular weight is 357 g/mol. The minimum Gasteiger partial charge on any atom is -0.462 e. The zero-order valence-corrected chi connectivity index (χ0v) is 16.7. The van der Waals surface area contributed by atoms with E-state index in [1.54, 1.807) is 6.92 Å². The lowest BCUT2D eigenvalue weighted by Crippen LogP contribution is -2.25. The summed E-state index contributed by atoms with van der Waals surface area (Å²) in [5.41, 5.74) is 0.458. The maximum absolute atomic E-state index is 10.9. The number of carbonyl (C=O) groups is 2. The monoisotopic (exact) mass is 356 g/mol. The van der Waals surface area contributed by atoms with E-state index in [2.05, 4.69) is 36.8 Å². The lowest BCUT2D eigenvalue weighted by molar-refractivity contribution is -0.139. The second-order valence-corrected chi connectivity index (χ2v) is 5.83. The van der Waals surface area contributed by atoms with Crippen LogP contribution in [0.15, 0.2) is 24.8 Å². The van der Waals surface area contributed by atoms with Crippen LogP contribution in [-0.2, 0) is 19.1 Å². The molecule has 0 rings (SSSR count). The van der Waals surface area contributed by atoms with Gasteiger partial charge in [0.15, 0.2) is 0 Å². The number of hydrogen-bond acceptors (Lipinski definition) is 6. The van der Waals surface area contributed by atoms with Crippen molar-refractivity contribution in [3.63, 3.8) is 0 Å². The zero-order chi connectivity index (χ0) is 19.7. The Labute approximate surface area is 153 Å². The Morgan fingerprint density at radius 1 is 1.00 bits per heavy atom. The van der Waals surface area contributed by atoms with Crippen molar-refractivity contribution in [2.45, 2.75) is 33.6 Å². The van der Waals surface area contributed by atoms with E-state index in [9.17, 15) is 9.59 Å². The maximum Gasteiger partial charge on any atom is 0.333 e. The molecule has 0 bridgehead atoms. The van der Waals surface area contributed by atoms with Crippen molar-refractivity contribution in [3.8, 4) is 0 Å². The minimum absolute atomic E-state index is 0.297. The highest BCUT2D eigenvalue weighted by Crippen LogP contribution is 1.94. The minimum atomic E-state index is -0.334. The lowest BCUT2D eigenvalue weighted by Gasteiger charge is -2.17. The van der Waals surface area contributed by atoms with Gasteiger partial charge in [-0.05, 0) is 47.0 Å². The smallest absolute Gasteiger partial charge is 0.333 e. The Morgan fingerprint density at radius 2 is 1.52 bits per heavy atom. The van der Waals surface area contributed by atoms with Crippen LogP contribution in [0.2, 0.25) is 0 Å². The molecular weight excluding hydrogens is 320 g/mol. The third-order valence-corrected chi connectivity index (χ3v) is 3.26. The van der Waals surface area contributed by atoms with E-state index in [1.807, 2.05) is 14.1 Å². The summed E-state index contributed by atoms with van der Waals surface area (Å²) in [4.78, 5) is 25.8. The van der Waals surface area contributed by atoms with E-state index < -0.39 is 0 Å². The topological polar surface area (TPSA) is 59.1 Å². The van der Waals surface area contributed by atoms with Gasteiger partial charge in [0.05, 0.1) is 13.2 Å². The zero-order valence-electron chi connectivity index (χ0n) is 16.7. The summed E-state index contributed by atoms with van der Waals surface area (Å²) in [6.45, 7) is 17.7. The molecule has 0 spiro atoms. The molecule has 0 saturated heterocycles. The van der Waals surface area contributed by atoms with Gasteiger partial charge in [0.2, 0.25) is 0 Å². The second-order valence-electron chi connectivity index (χ2n) is 5.83. The second kappa shape index (κ2) is 17.2. The van der Waals surface area contributed by atoms with Crippen molar-refractivity contribution < 1.29 is 19.1 Å². The quantitative estimate of drug-likeness (QED) is 0.304. The number of nitrogens with zero attached hydrogens (tertiary/aromatic N) is 2. The van der Waals surface area contributed by atoms with E-state index in [0.29, 0.717) is 18.8 Å². The van der Waals surface area contributed by atoms with E-state index in [1.165, 1.54) is 6.08 Å². The summed E-state index contributed by atoms with van der Waals surface area (Å²) >= 11 is 0. The van der Waals surface area contributed by atoms with Crippen LogP contribution in [0.5, 0.6) is 0 Å². The summed E-state index contributed by atoms with van der Waals surface area (Å²) in [5, 5.41) is 0. The van der Waals surface area contributed by atoms with Crippen molar-refractivity contribution in [2.75, 3.05) is 53.5 Å². The van der Waals surface area contributed by atoms with Crippen LogP contribution in [0, 0.1) is 0 Å². The van der Waals surface area contributed by atoms with Crippen LogP contribution >= 0.6 is 0 Å². The molecular formula is C19H36N2O4. The molecule has 0 N–H and O–H groups in total. The number of carbonyl (C=O) groups excluding carboxylic acids is 2. The number of rotatable bonds is 12. The summed E-state index contributed by atoms with van der Waals surface area (Å²) in [5.74, 6) is -0.631. The van der Waals surface area contributed by atoms with E-state index in [-0.39, 0.29) is 11.9 Å². The highest BCUT2D eigenvalue weighted by molar-refractivity contribution is 5.86. The standard InChI is InChI=1S/C10H19NO2.C9H17NO2/c1-4-10(12)13-9-7-8-11(5-2)6-3;1-8(2)9(11)12-7-5-6-10(3)4/h4H,1,5-9H2,2-3H3;1,5-7H2,2-4H3. The first-order chi connectivity index (χ1) is 11.8. The van der Waals surface area contributed by atoms with Gasteiger partial charge in [0.1, 0.15) is 0 Å². The van der Waals surface area contributed by atoms with Crippen molar-refractivity contribution in [2.24, 2.45) is 0 Å². The molecule has 0 unspecified atom stereocenters. The highest BCUT2D eigenvalue weighted by atomic mass is 16.5. The Bertz CT molecular complexity index is 391. The molecule has 146 valence electrons.